The third-order valence-corrected chi connectivity index (χ3v) is 3.96. The standard InChI is InChI=1S/C16H22N4S/c1-5-7-14-19-15(17-3)11(2)16(20-14)18-12-8-6-9-13(10-12)21-4/h6,8-10H,5,7H2,1-4H3,(H2,17,18,19,20). The maximum atomic E-state index is 4.65. The second kappa shape index (κ2) is 7.31. The molecule has 0 fully saturated rings. The molecule has 1 aromatic heterocycles. The minimum Gasteiger partial charge on any atom is -0.373 e. The molecule has 0 spiro atoms. The van der Waals surface area contributed by atoms with E-state index in [1.54, 1.807) is 11.8 Å². The smallest absolute Gasteiger partial charge is 0.139 e. The van der Waals surface area contributed by atoms with Crippen molar-refractivity contribution in [2.75, 3.05) is 23.9 Å². The van der Waals surface area contributed by atoms with E-state index in [1.165, 1.54) is 4.90 Å². The molecule has 0 atom stereocenters. The number of hydrogen-bond donors (Lipinski definition) is 2. The van der Waals surface area contributed by atoms with Gasteiger partial charge in [-0.1, -0.05) is 13.0 Å². The van der Waals surface area contributed by atoms with Crippen molar-refractivity contribution in [3.05, 3.63) is 35.7 Å². The van der Waals surface area contributed by atoms with E-state index in [1.807, 2.05) is 14.0 Å². The number of rotatable bonds is 6. The second-order valence-electron chi connectivity index (χ2n) is 4.82. The number of nitrogens with one attached hydrogen (secondary N) is 2. The van der Waals surface area contributed by atoms with E-state index in [9.17, 15) is 0 Å². The quantitative estimate of drug-likeness (QED) is 0.781. The first-order valence-corrected chi connectivity index (χ1v) is 8.36. The Morgan fingerprint density at radius 2 is 1.95 bits per heavy atom. The van der Waals surface area contributed by atoms with Gasteiger partial charge in [0.1, 0.15) is 17.5 Å². The second-order valence-corrected chi connectivity index (χ2v) is 5.70. The van der Waals surface area contributed by atoms with Crippen LogP contribution in [0, 0.1) is 6.92 Å². The number of hydrogen-bond acceptors (Lipinski definition) is 5. The SMILES string of the molecule is CCCc1nc(NC)c(C)c(Nc2cccc(SC)c2)n1. The summed E-state index contributed by atoms with van der Waals surface area (Å²) >= 11 is 1.73. The number of thioether (sulfide) groups is 1. The number of aromatic nitrogens is 2. The summed E-state index contributed by atoms with van der Waals surface area (Å²) in [5, 5.41) is 6.56. The Bertz CT molecular complexity index is 613. The summed E-state index contributed by atoms with van der Waals surface area (Å²) in [6.45, 7) is 4.17. The molecule has 1 heterocycles. The molecule has 112 valence electrons. The summed E-state index contributed by atoms with van der Waals surface area (Å²) in [6, 6.07) is 8.34. The first-order valence-electron chi connectivity index (χ1n) is 7.14. The molecular weight excluding hydrogens is 280 g/mol. The van der Waals surface area contributed by atoms with E-state index < -0.39 is 0 Å². The molecule has 0 aliphatic carbocycles. The van der Waals surface area contributed by atoms with Crippen LogP contribution in [-0.4, -0.2) is 23.3 Å². The van der Waals surface area contributed by atoms with Gasteiger partial charge in [0.2, 0.25) is 0 Å². The molecule has 5 heteroatoms. The Morgan fingerprint density at radius 3 is 2.62 bits per heavy atom. The van der Waals surface area contributed by atoms with E-state index in [-0.39, 0.29) is 0 Å². The van der Waals surface area contributed by atoms with Crippen LogP contribution in [0.5, 0.6) is 0 Å². The molecule has 0 saturated carbocycles. The van der Waals surface area contributed by atoms with Gasteiger partial charge in [0.25, 0.3) is 0 Å². The Balaban J connectivity index is 2.35. The summed E-state index contributed by atoms with van der Waals surface area (Å²) in [7, 11) is 1.89. The van der Waals surface area contributed by atoms with Gasteiger partial charge in [0.15, 0.2) is 0 Å². The highest BCUT2D eigenvalue weighted by Crippen LogP contribution is 2.26. The van der Waals surface area contributed by atoms with E-state index in [2.05, 4.69) is 58.0 Å². The lowest BCUT2D eigenvalue weighted by Crippen LogP contribution is -2.07. The van der Waals surface area contributed by atoms with Crippen LogP contribution in [0.4, 0.5) is 17.3 Å². The Hall–Kier alpha value is -1.75. The molecule has 0 unspecified atom stereocenters. The first-order chi connectivity index (χ1) is 10.2. The van der Waals surface area contributed by atoms with Crippen LogP contribution in [0.25, 0.3) is 0 Å². The zero-order valence-corrected chi connectivity index (χ0v) is 13.8. The first kappa shape index (κ1) is 15.6. The van der Waals surface area contributed by atoms with Gasteiger partial charge in [0, 0.05) is 29.6 Å². The highest BCUT2D eigenvalue weighted by molar-refractivity contribution is 7.98. The van der Waals surface area contributed by atoms with Crippen LogP contribution in [0.15, 0.2) is 29.2 Å². The van der Waals surface area contributed by atoms with Gasteiger partial charge in [-0.3, -0.25) is 0 Å². The predicted octanol–water partition coefficient (Wildman–Crippen LogP) is 4.24. The molecule has 0 bridgehead atoms. The normalized spacial score (nSPS) is 10.5. The molecule has 0 aliphatic rings. The maximum Gasteiger partial charge on any atom is 0.139 e. The fourth-order valence-corrected chi connectivity index (χ4v) is 2.56. The third kappa shape index (κ3) is 3.88. The molecular formula is C16H22N4S. The molecule has 0 radical (unpaired) electrons. The lowest BCUT2D eigenvalue weighted by atomic mass is 10.2. The summed E-state index contributed by atoms with van der Waals surface area (Å²) in [6.07, 6.45) is 4.00. The van der Waals surface area contributed by atoms with Crippen LogP contribution in [0.3, 0.4) is 0 Å². The van der Waals surface area contributed by atoms with Crippen molar-refractivity contribution < 1.29 is 0 Å². The number of nitrogens with zero attached hydrogens (tertiary/aromatic N) is 2. The molecule has 2 N–H and O–H groups in total. The predicted molar refractivity (Wildman–Crippen MR) is 91.8 cm³/mol. The molecule has 1 aromatic carbocycles. The maximum absolute atomic E-state index is 4.65. The van der Waals surface area contributed by atoms with Crippen molar-refractivity contribution in [3.63, 3.8) is 0 Å². The van der Waals surface area contributed by atoms with E-state index >= 15 is 0 Å². The zero-order chi connectivity index (χ0) is 15.2. The van der Waals surface area contributed by atoms with Crippen LogP contribution in [0.1, 0.15) is 24.7 Å². The highest BCUT2D eigenvalue weighted by Gasteiger charge is 2.10. The van der Waals surface area contributed by atoms with Crippen molar-refractivity contribution >= 4 is 29.1 Å². The van der Waals surface area contributed by atoms with Gasteiger partial charge in [-0.25, -0.2) is 9.97 Å². The molecule has 0 saturated heterocycles. The summed E-state index contributed by atoms with van der Waals surface area (Å²) in [5.41, 5.74) is 2.08. The van der Waals surface area contributed by atoms with Crippen molar-refractivity contribution in [1.29, 1.82) is 0 Å². The molecule has 0 aliphatic heterocycles. The van der Waals surface area contributed by atoms with Crippen LogP contribution in [0.2, 0.25) is 0 Å². The van der Waals surface area contributed by atoms with Gasteiger partial charge >= 0.3 is 0 Å². The Kier molecular flexibility index (Phi) is 5.44. The van der Waals surface area contributed by atoms with Crippen LogP contribution < -0.4 is 10.6 Å². The van der Waals surface area contributed by atoms with Crippen molar-refractivity contribution in [2.45, 2.75) is 31.6 Å². The Morgan fingerprint density at radius 1 is 1.19 bits per heavy atom. The minimum absolute atomic E-state index is 0.871. The van der Waals surface area contributed by atoms with E-state index in [0.29, 0.717) is 0 Å². The van der Waals surface area contributed by atoms with Gasteiger partial charge in [-0.05, 0) is 37.8 Å². The molecule has 2 aromatic rings. The van der Waals surface area contributed by atoms with Crippen molar-refractivity contribution in [2.24, 2.45) is 0 Å². The fraction of sp³-hybridized carbons (Fsp3) is 0.375. The third-order valence-electron chi connectivity index (χ3n) is 3.24. The zero-order valence-electron chi connectivity index (χ0n) is 13.0. The average molecular weight is 302 g/mol. The van der Waals surface area contributed by atoms with Crippen molar-refractivity contribution in [1.82, 2.24) is 9.97 Å². The monoisotopic (exact) mass is 302 g/mol. The summed E-state index contributed by atoms with van der Waals surface area (Å²) in [4.78, 5) is 10.4. The van der Waals surface area contributed by atoms with Crippen molar-refractivity contribution in [3.8, 4) is 0 Å². The van der Waals surface area contributed by atoms with E-state index in [0.717, 1.165) is 41.6 Å². The lowest BCUT2D eigenvalue weighted by Gasteiger charge is -2.14. The molecule has 0 amide bonds. The van der Waals surface area contributed by atoms with Gasteiger partial charge < -0.3 is 10.6 Å². The average Bonchev–Trinajstić information content (AvgIpc) is 2.50. The molecule has 21 heavy (non-hydrogen) atoms. The lowest BCUT2D eigenvalue weighted by molar-refractivity contribution is 0.835. The van der Waals surface area contributed by atoms with Gasteiger partial charge in [-0.15, -0.1) is 11.8 Å². The van der Waals surface area contributed by atoms with Gasteiger partial charge in [-0.2, -0.15) is 0 Å². The topological polar surface area (TPSA) is 49.8 Å². The Labute approximate surface area is 130 Å². The van der Waals surface area contributed by atoms with Crippen LogP contribution >= 0.6 is 11.8 Å². The minimum atomic E-state index is 0.871. The number of anilines is 3. The summed E-state index contributed by atoms with van der Waals surface area (Å²) < 4.78 is 0. The largest absolute Gasteiger partial charge is 0.373 e. The number of benzene rings is 1. The number of aryl methyl sites for hydroxylation is 1. The fourth-order valence-electron chi connectivity index (χ4n) is 2.10. The van der Waals surface area contributed by atoms with E-state index in [4.69, 9.17) is 0 Å². The van der Waals surface area contributed by atoms with Gasteiger partial charge in [0.05, 0.1) is 0 Å². The molecule has 2 rings (SSSR count). The summed E-state index contributed by atoms with van der Waals surface area (Å²) in [5.74, 6) is 2.63. The molecule has 4 nitrogen and oxygen atoms in total. The van der Waals surface area contributed by atoms with Crippen LogP contribution in [-0.2, 0) is 6.42 Å². The highest BCUT2D eigenvalue weighted by atomic mass is 32.2.